The summed E-state index contributed by atoms with van der Waals surface area (Å²) in [5.74, 6) is -2.98. The summed E-state index contributed by atoms with van der Waals surface area (Å²) in [6.45, 7) is 7.57. The van der Waals surface area contributed by atoms with Crippen molar-refractivity contribution < 1.29 is 59.7 Å². The highest BCUT2D eigenvalue weighted by Gasteiger charge is 2.62. The van der Waals surface area contributed by atoms with Crippen LogP contribution in [0.3, 0.4) is 0 Å². The first-order valence-electron chi connectivity index (χ1n) is 23.2. The van der Waals surface area contributed by atoms with Crippen LogP contribution in [0.1, 0.15) is 72.6 Å². The number of carbonyl (C=O) groups is 4. The smallest absolute Gasteiger partial charge is 0.427 e. The second kappa shape index (κ2) is 19.0. The van der Waals surface area contributed by atoms with Gasteiger partial charge in [0, 0.05) is 42.1 Å². The minimum Gasteiger partial charge on any atom is -0.497 e. The number of nitrogens with one attached hydrogen (secondary N) is 3. The van der Waals surface area contributed by atoms with E-state index in [1.807, 2.05) is 49.4 Å². The standard InChI is InChI=1S/C48H59F3N6O10S/c1-28-8-6-7-9-32-26-47(32,44(60)55-68(62,63)36-15-16-36)54-41(58)39-25-35(27-57(39)43(59)40(29(2)22-28)53-45(61)67-46(3,4)48(49,50)51)66-42-37-17-14-34(64-5)23-31(37)24-38(52-42)30-10-12-33(13-11-30)56-18-20-65-21-19-56/h7,9-14,17,23-24,28-29,32,35-36,39-40H,6,8,15-16,18-22,25-27H2,1-5H3,(H,53,61)(H,54,58)(H,55,60)/b9-7-/t28-,29-,32-,35-,39+,40+,47-/m1/s1. The Hall–Kier alpha value is -5.63. The number of allylic oxidation sites excluding steroid dienone is 1. The maximum absolute atomic E-state index is 15.0. The van der Waals surface area contributed by atoms with Crippen molar-refractivity contribution in [3.8, 4) is 22.9 Å². The molecule has 68 heavy (non-hydrogen) atoms. The van der Waals surface area contributed by atoms with Crippen LogP contribution < -0.4 is 29.7 Å². The van der Waals surface area contributed by atoms with Crippen LogP contribution in [0.25, 0.3) is 22.0 Å². The summed E-state index contributed by atoms with van der Waals surface area (Å²) in [6, 6.07) is 12.4. The van der Waals surface area contributed by atoms with Crippen LogP contribution in [0.2, 0.25) is 0 Å². The zero-order chi connectivity index (χ0) is 48.8. The average molecular weight is 969 g/mol. The van der Waals surface area contributed by atoms with E-state index >= 15 is 4.79 Å². The van der Waals surface area contributed by atoms with E-state index in [1.54, 1.807) is 32.2 Å². The number of hydrogen-bond acceptors (Lipinski definition) is 12. The number of morpholine rings is 1. The maximum Gasteiger partial charge on any atom is 0.427 e. The number of alkyl halides is 3. The number of nitrogens with zero attached hydrogens (tertiary/aromatic N) is 3. The lowest BCUT2D eigenvalue weighted by Crippen LogP contribution is -2.59. The van der Waals surface area contributed by atoms with Crippen molar-refractivity contribution in [3.05, 3.63) is 60.7 Å². The average Bonchev–Trinajstić information content (AvgIpc) is 4.23. The topological polar surface area (TPSA) is 195 Å². The van der Waals surface area contributed by atoms with Gasteiger partial charge in [-0.1, -0.05) is 38.1 Å². The highest BCUT2D eigenvalue weighted by atomic mass is 32.2. The summed E-state index contributed by atoms with van der Waals surface area (Å²) < 4.78 is 92.6. The Labute approximate surface area is 393 Å². The number of amides is 4. The van der Waals surface area contributed by atoms with E-state index in [1.165, 1.54) is 4.90 Å². The molecule has 0 radical (unpaired) electrons. The maximum atomic E-state index is 15.0. The first kappa shape index (κ1) is 48.8. The molecule has 0 unspecified atom stereocenters. The van der Waals surface area contributed by atoms with E-state index in [-0.39, 0.29) is 31.2 Å². The minimum absolute atomic E-state index is 0.0542. The molecule has 0 spiro atoms. The lowest BCUT2D eigenvalue weighted by molar-refractivity contribution is -0.244. The molecule has 2 saturated heterocycles. The van der Waals surface area contributed by atoms with Gasteiger partial charge < -0.3 is 39.4 Å². The van der Waals surface area contributed by atoms with Crippen LogP contribution >= 0.6 is 0 Å². The fourth-order valence-electron chi connectivity index (χ4n) is 9.34. The van der Waals surface area contributed by atoms with E-state index in [4.69, 9.17) is 23.9 Å². The number of fused-ring (bicyclic) bond motifs is 3. The molecule has 4 fully saturated rings. The van der Waals surface area contributed by atoms with Crippen LogP contribution in [0.5, 0.6) is 11.6 Å². The van der Waals surface area contributed by atoms with E-state index < -0.39 is 86.4 Å². The first-order valence-corrected chi connectivity index (χ1v) is 24.7. The van der Waals surface area contributed by atoms with Crippen molar-refractivity contribution in [1.29, 1.82) is 0 Å². The fraction of sp³-hybridized carbons (Fsp3) is 0.562. The van der Waals surface area contributed by atoms with Gasteiger partial charge >= 0.3 is 12.3 Å². The van der Waals surface area contributed by atoms with Crippen LogP contribution in [-0.2, 0) is 33.9 Å². The number of halogens is 3. The number of hydrogen-bond donors (Lipinski definition) is 3. The fourth-order valence-corrected chi connectivity index (χ4v) is 10.7. The molecule has 4 amide bonds. The number of aromatic nitrogens is 1. The molecule has 2 aromatic carbocycles. The Morgan fingerprint density at radius 1 is 0.985 bits per heavy atom. The number of benzene rings is 2. The van der Waals surface area contributed by atoms with Gasteiger partial charge in [0.1, 0.15) is 29.5 Å². The number of carbonyl (C=O) groups excluding carboxylic acids is 4. The SMILES string of the molecule is COc1ccc2c(O[C@@H]3C[C@H]4C(=O)N[C@]5(C(=O)NS(=O)(=O)C6CC6)C[C@H]5/C=C\CC[C@@H](C)C[C@@H](C)[C@H](NC(=O)OC(C)(C)C(F)(F)F)C(=O)N4C3)nc(-c3ccc(N4CCOCC4)cc3)cc2c1. The molecule has 2 saturated carbocycles. The highest BCUT2D eigenvalue weighted by molar-refractivity contribution is 7.91. The van der Waals surface area contributed by atoms with E-state index in [0.29, 0.717) is 76.0 Å². The summed E-state index contributed by atoms with van der Waals surface area (Å²) in [5, 5.41) is 5.85. The number of pyridine rings is 1. The Kier molecular flexibility index (Phi) is 13.7. The highest BCUT2D eigenvalue weighted by Crippen LogP contribution is 2.46. The van der Waals surface area contributed by atoms with Gasteiger partial charge in [0.25, 0.3) is 5.91 Å². The predicted molar refractivity (Wildman–Crippen MR) is 245 cm³/mol. The quantitative estimate of drug-likeness (QED) is 0.200. The van der Waals surface area contributed by atoms with E-state index in [2.05, 4.69) is 20.3 Å². The molecule has 7 atom stereocenters. The Morgan fingerprint density at radius 3 is 2.38 bits per heavy atom. The number of ether oxygens (including phenoxy) is 4. The molecule has 368 valence electrons. The third-order valence-corrected chi connectivity index (χ3v) is 15.6. The summed E-state index contributed by atoms with van der Waals surface area (Å²) >= 11 is 0. The van der Waals surface area contributed by atoms with Crippen LogP contribution in [0.4, 0.5) is 23.7 Å². The van der Waals surface area contributed by atoms with Gasteiger partial charge in [0.2, 0.25) is 33.3 Å². The van der Waals surface area contributed by atoms with Crippen molar-refractivity contribution in [1.82, 2.24) is 25.2 Å². The van der Waals surface area contributed by atoms with Crippen LogP contribution in [0.15, 0.2) is 60.7 Å². The third-order valence-electron chi connectivity index (χ3n) is 13.7. The Morgan fingerprint density at radius 2 is 1.71 bits per heavy atom. The molecule has 16 nitrogen and oxygen atoms in total. The second-order valence-electron chi connectivity index (χ2n) is 19.3. The molecule has 20 heteroatoms. The number of methoxy groups -OCH3 is 1. The normalized spacial score (nSPS) is 27.7. The van der Waals surface area contributed by atoms with Gasteiger partial charge in [-0.3, -0.25) is 19.1 Å². The van der Waals surface area contributed by atoms with E-state index in [9.17, 15) is 36.0 Å². The lowest BCUT2D eigenvalue weighted by Gasteiger charge is -2.34. The van der Waals surface area contributed by atoms with Gasteiger partial charge in [0.15, 0.2) is 0 Å². The number of rotatable bonds is 10. The third kappa shape index (κ3) is 10.5. The number of alkyl carbamates (subject to hydrolysis) is 1. The van der Waals surface area contributed by atoms with Crippen molar-refractivity contribution in [2.45, 2.75) is 113 Å². The van der Waals surface area contributed by atoms with Gasteiger partial charge in [0.05, 0.1) is 37.8 Å². The number of anilines is 1. The van der Waals surface area contributed by atoms with E-state index in [0.717, 1.165) is 29.7 Å². The minimum atomic E-state index is -4.93. The van der Waals surface area contributed by atoms with Crippen molar-refractivity contribution in [2.24, 2.45) is 17.8 Å². The molecule has 4 heterocycles. The van der Waals surface area contributed by atoms with Crippen LogP contribution in [-0.4, -0.2) is 123 Å². The predicted octanol–water partition coefficient (Wildman–Crippen LogP) is 6.03. The van der Waals surface area contributed by atoms with Crippen molar-refractivity contribution >= 4 is 50.3 Å². The lowest BCUT2D eigenvalue weighted by atomic mass is 9.88. The van der Waals surface area contributed by atoms with Crippen molar-refractivity contribution in [2.75, 3.05) is 44.9 Å². The molecule has 8 rings (SSSR count). The molecular weight excluding hydrogens is 910 g/mol. The Bertz CT molecular complexity index is 2550. The zero-order valence-corrected chi connectivity index (χ0v) is 39.6. The molecule has 3 N–H and O–H groups in total. The molecule has 5 aliphatic rings. The Balaban J connectivity index is 1.14. The first-order chi connectivity index (χ1) is 32.2. The van der Waals surface area contributed by atoms with Gasteiger partial charge in [-0.15, -0.1) is 0 Å². The summed E-state index contributed by atoms with van der Waals surface area (Å²) in [6.07, 6.45) is -1.42. The summed E-state index contributed by atoms with van der Waals surface area (Å²) in [5.41, 5.74) is -2.19. The summed E-state index contributed by atoms with van der Waals surface area (Å²) in [4.78, 5) is 65.5. The molecule has 2 aliphatic carbocycles. The monoisotopic (exact) mass is 968 g/mol. The molecular formula is C48H59F3N6O10S. The number of sulfonamides is 1. The second-order valence-corrected chi connectivity index (χ2v) is 21.3. The molecule has 0 bridgehead atoms. The molecule has 3 aromatic rings. The largest absolute Gasteiger partial charge is 0.497 e. The van der Waals surface area contributed by atoms with Gasteiger partial charge in [-0.05, 0) is 106 Å². The summed E-state index contributed by atoms with van der Waals surface area (Å²) in [7, 11) is -2.46. The molecule has 3 aliphatic heterocycles. The van der Waals surface area contributed by atoms with Crippen LogP contribution in [0, 0.1) is 17.8 Å². The van der Waals surface area contributed by atoms with Crippen molar-refractivity contribution in [3.63, 3.8) is 0 Å². The van der Waals surface area contributed by atoms with Gasteiger partial charge in [-0.2, -0.15) is 13.2 Å². The van der Waals surface area contributed by atoms with Gasteiger partial charge in [-0.25, -0.2) is 18.2 Å². The molecule has 1 aromatic heterocycles. The zero-order valence-electron chi connectivity index (χ0n) is 38.8.